The van der Waals surface area contributed by atoms with Crippen molar-refractivity contribution in [2.75, 3.05) is 92.0 Å². The molecule has 28 nitrogen and oxygen atoms in total. The van der Waals surface area contributed by atoms with E-state index in [1.807, 2.05) is 55.5 Å². The first-order valence-electron chi connectivity index (χ1n) is 47.3. The molecule has 5 saturated heterocycles. The molecule has 6 aliphatic heterocycles. The summed E-state index contributed by atoms with van der Waals surface area (Å²) in [5.74, 6) is 5.16. The molecule has 0 spiro atoms. The molecule has 13 fully saturated rings. The third-order valence-electron chi connectivity index (χ3n) is 29.8. The van der Waals surface area contributed by atoms with E-state index < -0.39 is 68.9 Å². The number of nitrogens with two attached hydrogens (primary N) is 1. The van der Waals surface area contributed by atoms with Crippen LogP contribution < -0.4 is 29.6 Å². The fourth-order valence-electron chi connectivity index (χ4n) is 21.4. The molecule has 4 unspecified atom stereocenters. The van der Waals surface area contributed by atoms with Gasteiger partial charge in [-0.3, -0.25) is 64.0 Å². The van der Waals surface area contributed by atoms with Gasteiger partial charge in [0.05, 0.1) is 91.2 Å². The van der Waals surface area contributed by atoms with Crippen LogP contribution in [-0.4, -0.2) is 224 Å². The Hall–Kier alpha value is -8.13. The van der Waals surface area contributed by atoms with Crippen molar-refractivity contribution < 1.29 is 94.9 Å². The van der Waals surface area contributed by atoms with Crippen LogP contribution in [0.15, 0.2) is 77.7 Å². The lowest BCUT2D eigenvalue weighted by Gasteiger charge is -2.29. The van der Waals surface area contributed by atoms with Crippen LogP contribution in [0.5, 0.6) is 23.0 Å². The summed E-state index contributed by atoms with van der Waals surface area (Å²) in [6.45, 7) is 11.0. The monoisotopic (exact) mass is 1820 g/mol. The minimum absolute atomic E-state index is 0.0240. The van der Waals surface area contributed by atoms with Gasteiger partial charge in [0.25, 0.3) is 10.0 Å². The number of carboxylic acids is 2. The van der Waals surface area contributed by atoms with Crippen LogP contribution in [0.2, 0.25) is 10.0 Å². The topological polar surface area (TPSA) is 362 Å². The van der Waals surface area contributed by atoms with Gasteiger partial charge >= 0.3 is 23.9 Å². The molecular formula is C97H124Cl2N8O20S. The molecule has 2 amide bonds. The lowest BCUT2D eigenvalue weighted by molar-refractivity contribution is -0.154. The Morgan fingerprint density at radius 3 is 1.44 bits per heavy atom. The Balaban J connectivity index is 0.000000159. The number of allylic oxidation sites excluding steroid dienone is 2. The number of esters is 2. The minimum Gasteiger partial charge on any atom is -0.491 e. The predicted octanol–water partition coefficient (Wildman–Crippen LogP) is 13.9. The van der Waals surface area contributed by atoms with E-state index in [9.17, 15) is 57.0 Å². The Bertz CT molecular complexity index is 5060. The summed E-state index contributed by atoms with van der Waals surface area (Å²) in [6.07, 6.45) is 23.6. The van der Waals surface area contributed by atoms with Gasteiger partial charge in [-0.15, -0.1) is 0 Å². The smallest absolute Gasteiger partial charge is 0.310 e. The Labute approximate surface area is 758 Å². The number of hydrazine groups is 1. The maximum atomic E-state index is 14.7. The number of ketones is 2. The zero-order chi connectivity index (χ0) is 89.1. The molecule has 5 aromatic rings. The van der Waals surface area contributed by atoms with Gasteiger partial charge < -0.3 is 57.9 Å². The molecule has 5 N–H and O–H groups in total. The van der Waals surface area contributed by atoms with E-state index in [0.29, 0.717) is 142 Å². The highest BCUT2D eigenvalue weighted by atomic mass is 35.5. The van der Waals surface area contributed by atoms with Gasteiger partial charge in [-0.25, -0.2) is 8.42 Å². The second kappa shape index (κ2) is 40.1. The Kier molecular flexibility index (Phi) is 28.8. The number of carboxylic acid groups (broad SMARTS) is 2. The third kappa shape index (κ3) is 21.9. The number of aromatic nitrogens is 2. The van der Waals surface area contributed by atoms with Crippen molar-refractivity contribution in [1.29, 1.82) is 0 Å². The number of nitrogens with zero attached hydrogens (tertiary/aromatic N) is 6. The average Bonchev–Trinajstić information content (AvgIpc) is 1.59. The maximum Gasteiger partial charge on any atom is 0.310 e. The minimum atomic E-state index is -3.49. The van der Waals surface area contributed by atoms with Crippen molar-refractivity contribution in [3.05, 3.63) is 99.8 Å². The van der Waals surface area contributed by atoms with Crippen molar-refractivity contribution in [2.45, 2.75) is 253 Å². The summed E-state index contributed by atoms with van der Waals surface area (Å²) in [5.41, 5.74) is 1.68. The van der Waals surface area contributed by atoms with Gasteiger partial charge in [-0.2, -0.15) is 4.83 Å². The standard InChI is InChI=1S/C45H58ClN3O9.C45H56ClN3O9.C7H10N2O2S/c2*46-41-38(56-17-14-48-12-15-55-16-13-48)11-10-34-39(23-35(27-8-9-27)47-42(34)41)57-33-22-36-37(50)25-45(44(53)54)24-31(45)7-5-3-1-2-4-6-28(43(52)49(36)26-33)21-40(51)58-32-19-29-18-30(29)20-32;1-6-2-4-7(5-3-6)12(10,11)9-8/h10-11,23,27-33,36H,1-9,12-22,24-26H2,(H,53,54);5,7,10-11,23,27-33,36H,1-4,6,8-9,12-22,24-26H2,(H,53,54);2-5,9H,8H2,1H3/b;7-5-;/t2*28-,29?,30?,31-,32?,33-,36+,45-;/m11./s1. The second-order valence-corrected chi connectivity index (χ2v) is 41.5. The fraction of sp³-hybridized carbons (Fsp3) is 0.649. The Morgan fingerprint density at radius 1 is 0.539 bits per heavy atom. The number of hydrogen-bond acceptors (Lipinski definition) is 23. The number of ether oxygens (including phenoxy) is 8. The summed E-state index contributed by atoms with van der Waals surface area (Å²) in [5, 5.41) is 23.0. The first-order chi connectivity index (χ1) is 61.9. The van der Waals surface area contributed by atoms with Crippen LogP contribution >= 0.6 is 23.2 Å². The van der Waals surface area contributed by atoms with E-state index in [-0.39, 0.29) is 116 Å². The van der Waals surface area contributed by atoms with Gasteiger partial charge in [0.15, 0.2) is 11.6 Å². The number of nitrogens with one attached hydrogen (secondary N) is 1. The molecule has 3 aromatic carbocycles. The first kappa shape index (κ1) is 91.8. The van der Waals surface area contributed by atoms with Gasteiger partial charge in [0, 0.05) is 123 Å². The van der Waals surface area contributed by atoms with E-state index >= 15 is 0 Å². The average molecular weight is 1830 g/mol. The van der Waals surface area contributed by atoms with Crippen molar-refractivity contribution in [3.63, 3.8) is 0 Å². The highest BCUT2D eigenvalue weighted by molar-refractivity contribution is 7.89. The molecule has 14 atom stereocenters. The van der Waals surface area contributed by atoms with E-state index in [1.54, 1.807) is 26.8 Å². The fourth-order valence-corrected chi connectivity index (χ4v) is 22.6. The zero-order valence-electron chi connectivity index (χ0n) is 73.4. The number of benzene rings is 3. The third-order valence-corrected chi connectivity index (χ3v) is 31.7. The van der Waals surface area contributed by atoms with Crippen molar-refractivity contribution in [2.24, 2.45) is 64.0 Å². The highest BCUT2D eigenvalue weighted by Gasteiger charge is 2.63. The summed E-state index contributed by atoms with van der Waals surface area (Å²) in [7, 11) is -3.49. The highest BCUT2D eigenvalue weighted by Crippen LogP contribution is 2.60. The van der Waals surface area contributed by atoms with E-state index in [1.165, 1.54) is 25.0 Å². The molecule has 19 rings (SSSR count). The van der Waals surface area contributed by atoms with Gasteiger partial charge in [-0.05, 0) is 188 Å². The molecule has 0 bridgehead atoms. The number of morpholine rings is 2. The SMILES string of the molecule is Cc1ccc(S(=O)(=O)NN)cc1.O=C(C[C@H]1CCCCC/C=C\[C@@H]2C[C@@]2(C(=O)O)CC(=O)[C@@H]2C[C@@H](Oc3cc(C4CC4)nc4c(Cl)c(OCCN5CCOCC5)ccc34)CN2C1=O)OC1CC2CC2C1.O=C(C[C@H]1CCCCCCC[C@@H]2C[C@@]2(C(=O)O)CC(=O)[C@@H]2C[C@@H](Oc3cc(C4CC4)nc4c(Cl)c(OCCN5CCOCC5)ccc34)CN2C1=O)OC1CC2CC2C1. The van der Waals surface area contributed by atoms with Gasteiger partial charge in [0.2, 0.25) is 11.8 Å². The number of halogens is 2. The lowest BCUT2D eigenvalue weighted by Crippen LogP contribution is -2.45. The molecule has 8 heterocycles. The largest absolute Gasteiger partial charge is 0.491 e. The number of amides is 2. The molecule has 2 aromatic heterocycles. The Morgan fingerprint density at radius 2 is 0.984 bits per heavy atom. The van der Waals surface area contributed by atoms with Crippen molar-refractivity contribution >= 4 is 102 Å². The molecule has 692 valence electrons. The molecule has 0 radical (unpaired) electrons. The quantitative estimate of drug-likeness (QED) is 0.0193. The van der Waals surface area contributed by atoms with Crippen LogP contribution in [0, 0.1) is 65.1 Å². The van der Waals surface area contributed by atoms with Crippen molar-refractivity contribution in [3.8, 4) is 23.0 Å². The molecule has 31 heteroatoms. The number of hydrogen-bond donors (Lipinski definition) is 4. The number of carbonyl (C=O) groups excluding carboxylic acids is 6. The second-order valence-electron chi connectivity index (χ2n) is 39.0. The number of sulfonamides is 1. The number of aliphatic carboxylic acids is 2. The predicted molar refractivity (Wildman–Crippen MR) is 475 cm³/mol. The molecule has 8 saturated carbocycles. The van der Waals surface area contributed by atoms with Gasteiger partial charge in [-0.1, -0.05) is 98.0 Å². The number of pyridine rings is 2. The summed E-state index contributed by atoms with van der Waals surface area (Å²) in [6, 6.07) is 16.1. The summed E-state index contributed by atoms with van der Waals surface area (Å²) >= 11 is 14.1. The molecular weight excluding hydrogens is 1700 g/mol. The van der Waals surface area contributed by atoms with Crippen molar-refractivity contribution in [1.82, 2.24) is 34.4 Å². The normalized spacial score (nSPS) is 31.2. The van der Waals surface area contributed by atoms with Crippen LogP contribution in [-0.2, 0) is 67.3 Å². The van der Waals surface area contributed by atoms with Crippen LogP contribution in [0.1, 0.15) is 221 Å². The first-order valence-corrected chi connectivity index (χ1v) is 49.5. The molecule has 14 aliphatic rings. The summed E-state index contributed by atoms with van der Waals surface area (Å²) < 4.78 is 70.9. The maximum absolute atomic E-state index is 14.7. The van der Waals surface area contributed by atoms with Crippen LogP contribution in [0.3, 0.4) is 0 Å². The van der Waals surface area contributed by atoms with Crippen LogP contribution in [0.4, 0.5) is 0 Å². The van der Waals surface area contributed by atoms with E-state index in [4.69, 9.17) is 76.9 Å². The van der Waals surface area contributed by atoms with Gasteiger partial charge in [0.1, 0.15) is 70.7 Å². The van der Waals surface area contributed by atoms with E-state index in [0.717, 1.165) is 185 Å². The number of carbonyl (C=O) groups is 8. The number of fused-ring (bicyclic) bond motifs is 8. The number of rotatable bonds is 24. The van der Waals surface area contributed by atoms with Crippen LogP contribution in [0.25, 0.3) is 21.8 Å². The lowest BCUT2D eigenvalue weighted by atomic mass is 9.90. The molecule has 8 aliphatic carbocycles. The molecule has 128 heavy (non-hydrogen) atoms. The number of aryl methyl sites for hydroxylation is 1. The zero-order valence-corrected chi connectivity index (χ0v) is 75.8. The number of Topliss-reactive ketones (excluding diaryl/α,β-unsaturated/α-hetero) is 2. The summed E-state index contributed by atoms with van der Waals surface area (Å²) in [4.78, 5) is 130. The van der Waals surface area contributed by atoms with E-state index in [2.05, 4.69) is 9.80 Å².